The summed E-state index contributed by atoms with van der Waals surface area (Å²) in [5.41, 5.74) is -0.910. The van der Waals surface area contributed by atoms with Gasteiger partial charge in [-0.15, -0.1) is 0 Å². The zero-order chi connectivity index (χ0) is 22.1. The van der Waals surface area contributed by atoms with E-state index in [0.29, 0.717) is 12.6 Å². The minimum atomic E-state index is -4.57. The number of likely N-dealkylation sites (tertiary alicyclic amines) is 1. The molecule has 2 aromatic rings. The fourth-order valence-corrected chi connectivity index (χ4v) is 2.93. The third-order valence-electron chi connectivity index (χ3n) is 4.59. The second kappa shape index (κ2) is 8.17. The van der Waals surface area contributed by atoms with Crippen molar-refractivity contribution in [3.8, 4) is 17.4 Å². The first kappa shape index (κ1) is 21.3. The highest BCUT2D eigenvalue weighted by molar-refractivity contribution is 6.00. The number of likely N-dealkylation sites (N-methyl/N-ethyl adjacent to an activating group) is 1. The Kier molecular flexibility index (Phi) is 5.81. The number of amides is 2. The number of benzene rings is 1. The Labute approximate surface area is 168 Å². The van der Waals surface area contributed by atoms with Gasteiger partial charge in [-0.25, -0.2) is 9.37 Å². The van der Waals surface area contributed by atoms with E-state index in [1.54, 1.807) is 0 Å². The van der Waals surface area contributed by atoms with Crippen LogP contribution < -0.4 is 14.8 Å². The number of halogens is 4. The van der Waals surface area contributed by atoms with Crippen LogP contribution in [-0.4, -0.2) is 41.9 Å². The molecule has 30 heavy (non-hydrogen) atoms. The molecule has 1 aromatic carbocycles. The lowest BCUT2D eigenvalue weighted by Crippen LogP contribution is -2.38. The molecule has 1 saturated heterocycles. The lowest BCUT2D eigenvalue weighted by Gasteiger charge is -2.20. The molecule has 0 saturated carbocycles. The van der Waals surface area contributed by atoms with Gasteiger partial charge < -0.3 is 19.7 Å². The van der Waals surface area contributed by atoms with Gasteiger partial charge in [0.15, 0.2) is 11.6 Å². The highest BCUT2D eigenvalue weighted by Gasteiger charge is 2.34. The number of anilines is 1. The highest BCUT2D eigenvalue weighted by atomic mass is 19.4. The molecule has 0 bridgehead atoms. The maximum atomic E-state index is 14.3. The largest absolute Gasteiger partial charge is 0.494 e. The van der Waals surface area contributed by atoms with Gasteiger partial charge in [-0.1, -0.05) is 0 Å². The van der Waals surface area contributed by atoms with Crippen molar-refractivity contribution in [1.29, 1.82) is 0 Å². The number of hydrogen-bond donors (Lipinski definition) is 1. The second-order valence-corrected chi connectivity index (χ2v) is 6.52. The summed E-state index contributed by atoms with van der Waals surface area (Å²) in [6.45, 7) is 0. The maximum Gasteiger partial charge on any atom is 0.417 e. The van der Waals surface area contributed by atoms with Gasteiger partial charge in [0, 0.05) is 37.9 Å². The van der Waals surface area contributed by atoms with E-state index in [2.05, 4.69) is 10.3 Å². The van der Waals surface area contributed by atoms with Crippen LogP contribution in [0, 0.1) is 5.82 Å². The van der Waals surface area contributed by atoms with Crippen molar-refractivity contribution in [2.75, 3.05) is 19.5 Å². The number of ether oxygens (including phenoxy) is 2. The molecule has 0 radical (unpaired) electrons. The summed E-state index contributed by atoms with van der Waals surface area (Å²) in [6, 6.07) is 3.09. The average Bonchev–Trinajstić information content (AvgIpc) is 3.02. The molecule has 3 rings (SSSR count). The minimum Gasteiger partial charge on any atom is -0.494 e. The van der Waals surface area contributed by atoms with Crippen molar-refractivity contribution in [3.63, 3.8) is 0 Å². The van der Waals surface area contributed by atoms with Crippen LogP contribution in [0.5, 0.6) is 17.4 Å². The van der Waals surface area contributed by atoms with E-state index in [1.165, 1.54) is 19.1 Å². The normalized spacial score (nSPS) is 16.5. The number of aromatic nitrogens is 1. The number of carbonyl (C=O) groups excluding carboxylic acids is 2. The van der Waals surface area contributed by atoms with Gasteiger partial charge in [0.2, 0.25) is 17.7 Å². The maximum absolute atomic E-state index is 14.3. The van der Waals surface area contributed by atoms with Gasteiger partial charge in [-0.3, -0.25) is 9.59 Å². The molecule has 0 aliphatic carbocycles. The van der Waals surface area contributed by atoms with Crippen LogP contribution >= 0.6 is 0 Å². The molecule has 0 spiro atoms. The zero-order valence-corrected chi connectivity index (χ0v) is 15.9. The first-order valence-corrected chi connectivity index (χ1v) is 8.75. The molecule has 2 amide bonds. The van der Waals surface area contributed by atoms with Crippen LogP contribution in [0.4, 0.5) is 23.2 Å². The van der Waals surface area contributed by atoms with Crippen molar-refractivity contribution in [2.24, 2.45) is 0 Å². The summed E-state index contributed by atoms with van der Waals surface area (Å²) >= 11 is 0. The molecule has 1 N–H and O–H groups in total. The van der Waals surface area contributed by atoms with E-state index in [4.69, 9.17) is 9.47 Å². The van der Waals surface area contributed by atoms with E-state index < -0.39 is 29.5 Å². The van der Waals surface area contributed by atoms with E-state index in [0.717, 1.165) is 24.3 Å². The van der Waals surface area contributed by atoms with Crippen LogP contribution in [0.2, 0.25) is 0 Å². The summed E-state index contributed by atoms with van der Waals surface area (Å²) in [5, 5.41) is 2.56. The van der Waals surface area contributed by atoms with Crippen molar-refractivity contribution in [3.05, 3.63) is 41.8 Å². The molecule has 1 aliphatic rings. The second-order valence-electron chi connectivity index (χ2n) is 6.52. The lowest BCUT2D eigenvalue weighted by molar-refractivity contribution is -0.137. The zero-order valence-electron chi connectivity index (χ0n) is 15.9. The van der Waals surface area contributed by atoms with Gasteiger partial charge in [-0.2, -0.15) is 13.2 Å². The third kappa shape index (κ3) is 4.44. The van der Waals surface area contributed by atoms with Crippen molar-refractivity contribution in [2.45, 2.75) is 25.1 Å². The summed E-state index contributed by atoms with van der Waals surface area (Å²) in [6.07, 6.45) is -3.43. The topological polar surface area (TPSA) is 80.8 Å². The number of carbonyl (C=O) groups is 2. The number of nitrogens with zero attached hydrogens (tertiary/aromatic N) is 2. The summed E-state index contributed by atoms with van der Waals surface area (Å²) < 4.78 is 62.5. The minimum absolute atomic E-state index is 0.000514. The molecule has 1 aromatic heterocycles. The van der Waals surface area contributed by atoms with Gasteiger partial charge in [0.1, 0.15) is 11.8 Å². The number of alkyl halides is 3. The fourth-order valence-electron chi connectivity index (χ4n) is 2.93. The number of methoxy groups -OCH3 is 1. The van der Waals surface area contributed by atoms with Crippen LogP contribution in [0.1, 0.15) is 18.4 Å². The van der Waals surface area contributed by atoms with Gasteiger partial charge >= 0.3 is 6.18 Å². The van der Waals surface area contributed by atoms with Crippen molar-refractivity contribution in [1.82, 2.24) is 9.88 Å². The molecule has 0 unspecified atom stereocenters. The third-order valence-corrected chi connectivity index (χ3v) is 4.59. The van der Waals surface area contributed by atoms with Gasteiger partial charge in [0.05, 0.1) is 18.4 Å². The number of rotatable bonds is 5. The Hall–Kier alpha value is -3.37. The Morgan fingerprint density at radius 2 is 2.00 bits per heavy atom. The SMILES string of the molecule is COc1cc(F)c(Oc2ccc(C(F)(F)F)cn2)cc1NC(=O)[C@@H]1CCC(=O)N1C. The molecular formula is C19H17F4N3O4. The molecular weight excluding hydrogens is 410 g/mol. The first-order valence-electron chi connectivity index (χ1n) is 8.75. The van der Waals surface area contributed by atoms with Crippen LogP contribution in [0.15, 0.2) is 30.5 Å². The van der Waals surface area contributed by atoms with E-state index in [9.17, 15) is 27.2 Å². The van der Waals surface area contributed by atoms with Crippen molar-refractivity contribution < 1.29 is 36.6 Å². The molecule has 11 heteroatoms. The van der Waals surface area contributed by atoms with E-state index in [1.807, 2.05) is 0 Å². The first-order chi connectivity index (χ1) is 14.1. The highest BCUT2D eigenvalue weighted by Crippen LogP contribution is 2.35. The molecule has 2 heterocycles. The summed E-state index contributed by atoms with van der Waals surface area (Å²) in [4.78, 5) is 29.0. The van der Waals surface area contributed by atoms with Crippen LogP contribution in [0.25, 0.3) is 0 Å². The Balaban J connectivity index is 1.82. The monoisotopic (exact) mass is 427 g/mol. The smallest absolute Gasteiger partial charge is 0.417 e. The van der Waals surface area contributed by atoms with E-state index >= 15 is 0 Å². The predicted octanol–water partition coefficient (Wildman–Crippen LogP) is 3.60. The van der Waals surface area contributed by atoms with Gasteiger partial charge in [0.25, 0.3) is 0 Å². The Morgan fingerprint density at radius 1 is 1.27 bits per heavy atom. The quantitative estimate of drug-likeness (QED) is 0.738. The Morgan fingerprint density at radius 3 is 2.53 bits per heavy atom. The standard InChI is InChI=1S/C19H17F4N3O4/c1-26-13(4-6-17(26)27)18(28)25-12-8-14(11(20)7-15(12)29-2)30-16-5-3-10(9-24-16)19(21,22)23/h3,5,7-9,13H,4,6H2,1-2H3,(H,25,28)/t13-/m0/s1. The molecule has 1 fully saturated rings. The van der Waals surface area contributed by atoms with Gasteiger partial charge in [-0.05, 0) is 12.5 Å². The average molecular weight is 427 g/mol. The van der Waals surface area contributed by atoms with Crippen LogP contribution in [-0.2, 0) is 15.8 Å². The molecule has 1 atom stereocenters. The number of nitrogens with one attached hydrogen (secondary N) is 1. The molecule has 160 valence electrons. The number of pyridine rings is 1. The predicted molar refractivity (Wildman–Crippen MR) is 96.7 cm³/mol. The number of hydrogen-bond acceptors (Lipinski definition) is 5. The van der Waals surface area contributed by atoms with E-state index in [-0.39, 0.29) is 35.4 Å². The summed E-state index contributed by atoms with van der Waals surface area (Å²) in [5.74, 6) is -2.19. The molecule has 7 nitrogen and oxygen atoms in total. The van der Waals surface area contributed by atoms with Crippen LogP contribution in [0.3, 0.4) is 0 Å². The van der Waals surface area contributed by atoms with Crippen molar-refractivity contribution >= 4 is 17.5 Å². The molecule has 1 aliphatic heterocycles. The lowest BCUT2D eigenvalue weighted by atomic mass is 10.2. The summed E-state index contributed by atoms with van der Waals surface area (Å²) in [7, 11) is 2.78. The fraction of sp³-hybridized carbons (Fsp3) is 0.316. The Bertz CT molecular complexity index is 963.